The molecule has 0 aliphatic carbocycles. The van der Waals surface area contributed by atoms with Gasteiger partial charge in [0, 0.05) is 19.0 Å². The summed E-state index contributed by atoms with van der Waals surface area (Å²) in [5, 5.41) is 5.77. The zero-order valence-electron chi connectivity index (χ0n) is 17.9. The van der Waals surface area contributed by atoms with Crippen LogP contribution in [0.2, 0.25) is 0 Å². The van der Waals surface area contributed by atoms with Crippen LogP contribution in [0, 0.1) is 0 Å². The topological polar surface area (TPSA) is 61.8 Å². The molecule has 0 saturated carbocycles. The van der Waals surface area contributed by atoms with Gasteiger partial charge < -0.3 is 10.2 Å². The van der Waals surface area contributed by atoms with E-state index in [1.54, 1.807) is 42.5 Å². The van der Waals surface area contributed by atoms with E-state index in [1.165, 1.54) is 0 Å². The lowest BCUT2D eigenvalue weighted by atomic mass is 10.0. The van der Waals surface area contributed by atoms with Gasteiger partial charge in [0.25, 0.3) is 0 Å². The van der Waals surface area contributed by atoms with E-state index >= 15 is 0 Å². The third kappa shape index (κ3) is 3.42. The van der Waals surface area contributed by atoms with Crippen LogP contribution >= 0.6 is 0 Å². The lowest BCUT2D eigenvalue weighted by Gasteiger charge is -2.27. The number of rotatable bonds is 5. The molecule has 0 fully saturated rings. The normalized spacial score (nSPS) is 13.2. The molecular weight excluding hydrogens is 418 g/mol. The van der Waals surface area contributed by atoms with Gasteiger partial charge in [0.1, 0.15) is 5.84 Å². The van der Waals surface area contributed by atoms with Gasteiger partial charge in [-0.2, -0.15) is 0 Å². The first kappa shape index (κ1) is 20.3. The van der Waals surface area contributed by atoms with Crippen molar-refractivity contribution in [2.45, 2.75) is 23.3 Å². The highest BCUT2D eigenvalue weighted by molar-refractivity contribution is 7.91. The maximum atomic E-state index is 12.8. The molecule has 1 aliphatic rings. The molecule has 0 spiro atoms. The third-order valence-electron chi connectivity index (χ3n) is 5.89. The van der Waals surface area contributed by atoms with Crippen LogP contribution in [0.5, 0.6) is 0 Å². The second kappa shape index (κ2) is 7.80. The zero-order valence-corrected chi connectivity index (χ0v) is 18.7. The molecule has 1 N–H and O–H groups in total. The number of hydrogen-bond acceptors (Lipinski definition) is 5. The average molecular weight is 442 g/mol. The molecule has 5 rings (SSSR count). The van der Waals surface area contributed by atoms with Gasteiger partial charge in [-0.05, 0) is 54.3 Å². The molecule has 5 nitrogen and oxygen atoms in total. The summed E-state index contributed by atoms with van der Waals surface area (Å²) in [5.74, 6) is 0.940. The van der Waals surface area contributed by atoms with Crippen LogP contribution in [0.1, 0.15) is 12.5 Å². The molecule has 0 amide bonds. The predicted molar refractivity (Wildman–Crippen MR) is 131 cm³/mol. The maximum absolute atomic E-state index is 12.8. The summed E-state index contributed by atoms with van der Waals surface area (Å²) in [6, 6.07) is 26.0. The van der Waals surface area contributed by atoms with E-state index in [-0.39, 0.29) is 0 Å². The second-order valence-electron chi connectivity index (χ2n) is 7.87. The number of nitrogens with zero attached hydrogens (tertiary/aromatic N) is 2. The van der Waals surface area contributed by atoms with E-state index in [9.17, 15) is 8.42 Å². The molecule has 1 aliphatic heterocycles. The first-order chi connectivity index (χ1) is 15.4. The molecule has 0 aromatic heterocycles. The van der Waals surface area contributed by atoms with Crippen LogP contribution < -0.4 is 10.2 Å². The van der Waals surface area contributed by atoms with Gasteiger partial charge in [0.2, 0.25) is 9.84 Å². The summed E-state index contributed by atoms with van der Waals surface area (Å²) in [6.45, 7) is 2.57. The molecule has 1 heterocycles. The number of anilines is 2. The van der Waals surface area contributed by atoms with Gasteiger partial charge in [0.15, 0.2) is 0 Å². The van der Waals surface area contributed by atoms with Crippen LogP contribution in [-0.2, 0) is 16.4 Å². The minimum atomic E-state index is -3.51. The average Bonchev–Trinajstić information content (AvgIpc) is 2.82. The number of benzene rings is 4. The molecular formula is C26H23N3O2S. The van der Waals surface area contributed by atoms with E-state index in [2.05, 4.69) is 40.5 Å². The van der Waals surface area contributed by atoms with Crippen molar-refractivity contribution in [2.24, 2.45) is 4.99 Å². The second-order valence-corrected chi connectivity index (χ2v) is 9.82. The molecule has 0 radical (unpaired) electrons. The summed E-state index contributed by atoms with van der Waals surface area (Å²) in [4.78, 5) is 7.53. The SMILES string of the molecule is CC1=Nc2c(NCc3ccc(S(=O)(=O)c4ccccc4)cc3)ccc3cccc(c23)N1C. The monoisotopic (exact) mass is 441 g/mol. The first-order valence-corrected chi connectivity index (χ1v) is 11.9. The smallest absolute Gasteiger partial charge is 0.206 e. The standard InChI is InChI=1S/C26H23N3O2S/c1-18-28-26-23(16-13-20-7-6-10-24(25(20)26)29(18)2)27-17-19-11-14-22(15-12-19)32(30,31)21-8-4-3-5-9-21/h3-16,27H,17H2,1-2H3. The Morgan fingerprint density at radius 3 is 2.31 bits per heavy atom. The Hall–Kier alpha value is -3.64. The van der Waals surface area contributed by atoms with Crippen molar-refractivity contribution in [3.05, 3.63) is 90.5 Å². The van der Waals surface area contributed by atoms with Crippen LogP contribution in [0.4, 0.5) is 17.1 Å². The summed E-state index contributed by atoms with van der Waals surface area (Å²) in [7, 11) is -1.48. The maximum Gasteiger partial charge on any atom is 0.206 e. The van der Waals surface area contributed by atoms with Gasteiger partial charge in [-0.15, -0.1) is 0 Å². The number of sulfone groups is 1. The van der Waals surface area contributed by atoms with Gasteiger partial charge in [-0.3, -0.25) is 0 Å². The molecule has 32 heavy (non-hydrogen) atoms. The van der Waals surface area contributed by atoms with Crippen LogP contribution in [0.25, 0.3) is 10.8 Å². The van der Waals surface area contributed by atoms with E-state index in [1.807, 2.05) is 26.1 Å². The van der Waals surface area contributed by atoms with Crippen molar-refractivity contribution in [1.29, 1.82) is 0 Å². The molecule has 6 heteroatoms. The van der Waals surface area contributed by atoms with E-state index < -0.39 is 9.84 Å². The summed E-state index contributed by atoms with van der Waals surface area (Å²) in [6.07, 6.45) is 0. The van der Waals surface area contributed by atoms with Crippen molar-refractivity contribution in [3.8, 4) is 0 Å². The Kier molecular flexibility index (Phi) is 4.94. The fraction of sp³-hybridized carbons (Fsp3) is 0.115. The van der Waals surface area contributed by atoms with Crippen molar-refractivity contribution in [3.63, 3.8) is 0 Å². The Morgan fingerprint density at radius 1 is 0.844 bits per heavy atom. The molecule has 0 unspecified atom stereocenters. The fourth-order valence-corrected chi connectivity index (χ4v) is 5.29. The summed E-state index contributed by atoms with van der Waals surface area (Å²) in [5.41, 5.74) is 4.03. The lowest BCUT2D eigenvalue weighted by Crippen LogP contribution is -2.25. The third-order valence-corrected chi connectivity index (χ3v) is 7.67. The fourth-order valence-electron chi connectivity index (χ4n) is 4.01. The van der Waals surface area contributed by atoms with Gasteiger partial charge in [0.05, 0.1) is 26.9 Å². The highest BCUT2D eigenvalue weighted by Crippen LogP contribution is 2.42. The molecule has 4 aromatic rings. The van der Waals surface area contributed by atoms with Gasteiger partial charge in [-0.1, -0.05) is 48.5 Å². The van der Waals surface area contributed by atoms with E-state index in [0.29, 0.717) is 16.3 Å². The zero-order chi connectivity index (χ0) is 22.3. The predicted octanol–water partition coefficient (Wildman–Crippen LogP) is 5.78. The first-order valence-electron chi connectivity index (χ1n) is 10.4. The Bertz CT molecular complexity index is 1440. The Labute approximate surface area is 188 Å². The van der Waals surface area contributed by atoms with Crippen LogP contribution in [0.3, 0.4) is 0 Å². The summed E-state index contributed by atoms with van der Waals surface area (Å²) >= 11 is 0. The van der Waals surface area contributed by atoms with Gasteiger partial charge >= 0.3 is 0 Å². The largest absolute Gasteiger partial charge is 0.379 e. The van der Waals surface area contributed by atoms with Crippen LogP contribution in [-0.4, -0.2) is 21.3 Å². The highest BCUT2D eigenvalue weighted by atomic mass is 32.2. The summed E-state index contributed by atoms with van der Waals surface area (Å²) < 4.78 is 25.6. The van der Waals surface area contributed by atoms with Crippen molar-refractivity contribution in [1.82, 2.24) is 0 Å². The van der Waals surface area contributed by atoms with Crippen molar-refractivity contribution < 1.29 is 8.42 Å². The Morgan fingerprint density at radius 2 is 1.56 bits per heavy atom. The quantitative estimate of drug-likeness (QED) is 0.426. The van der Waals surface area contributed by atoms with Crippen molar-refractivity contribution >= 4 is 43.5 Å². The molecule has 160 valence electrons. The van der Waals surface area contributed by atoms with Crippen LogP contribution in [0.15, 0.2) is 99.7 Å². The molecule has 0 atom stereocenters. The minimum Gasteiger partial charge on any atom is -0.379 e. The van der Waals surface area contributed by atoms with Crippen molar-refractivity contribution in [2.75, 3.05) is 17.3 Å². The van der Waals surface area contributed by atoms with E-state index in [0.717, 1.165) is 39.2 Å². The van der Waals surface area contributed by atoms with Gasteiger partial charge in [-0.25, -0.2) is 13.4 Å². The number of hydrogen-bond donors (Lipinski definition) is 1. The number of amidine groups is 1. The molecule has 0 saturated heterocycles. The lowest BCUT2D eigenvalue weighted by molar-refractivity contribution is 0.596. The number of aliphatic imine (C=N–C) groups is 1. The van der Waals surface area contributed by atoms with E-state index in [4.69, 9.17) is 4.99 Å². The minimum absolute atomic E-state index is 0.293. The number of nitrogens with one attached hydrogen (secondary N) is 1. The molecule has 4 aromatic carbocycles. The molecule has 0 bridgehead atoms. The Balaban J connectivity index is 1.41. The highest BCUT2D eigenvalue weighted by Gasteiger charge is 2.20.